The van der Waals surface area contributed by atoms with E-state index < -0.39 is 27.7 Å². The van der Waals surface area contributed by atoms with E-state index in [1.807, 2.05) is 13.8 Å². The maximum absolute atomic E-state index is 12.8. The lowest BCUT2D eigenvalue weighted by molar-refractivity contribution is -0.137. The smallest absolute Gasteiger partial charge is 0.322 e. The zero-order chi connectivity index (χ0) is 21.1. The Labute approximate surface area is 162 Å². The summed E-state index contributed by atoms with van der Waals surface area (Å²) in [6, 6.07) is 8.28. The molecule has 0 aliphatic rings. The number of rotatable bonds is 6. The second kappa shape index (κ2) is 8.32. The number of anilines is 1. The molecule has 9 heteroatoms. The molecule has 0 atom stereocenters. The Hall–Kier alpha value is -2.39. The summed E-state index contributed by atoms with van der Waals surface area (Å²) in [5, 5.41) is 2.39. The zero-order valence-electron chi connectivity index (χ0n) is 15.6. The first-order valence-electron chi connectivity index (χ1n) is 8.49. The monoisotopic (exact) mass is 414 g/mol. The van der Waals surface area contributed by atoms with Gasteiger partial charge in [0.15, 0.2) is 0 Å². The van der Waals surface area contributed by atoms with Gasteiger partial charge in [-0.1, -0.05) is 26.0 Å². The highest BCUT2D eigenvalue weighted by atomic mass is 32.2. The van der Waals surface area contributed by atoms with Crippen molar-refractivity contribution in [2.45, 2.75) is 31.8 Å². The highest BCUT2D eigenvalue weighted by Crippen LogP contribution is 2.30. The Balaban J connectivity index is 2.29. The fraction of sp³-hybridized carbons (Fsp3) is 0.316. The number of carbonyl (C=O) groups excluding carboxylic acids is 1. The first kappa shape index (κ1) is 21.9. The third-order valence-corrected chi connectivity index (χ3v) is 5.31. The highest BCUT2D eigenvalue weighted by molar-refractivity contribution is 7.89. The van der Waals surface area contributed by atoms with E-state index in [-0.39, 0.29) is 28.6 Å². The van der Waals surface area contributed by atoms with Gasteiger partial charge in [0.05, 0.1) is 10.5 Å². The number of hydrogen-bond donors (Lipinski definition) is 2. The van der Waals surface area contributed by atoms with Crippen molar-refractivity contribution in [3.05, 3.63) is 59.2 Å². The number of benzene rings is 2. The van der Waals surface area contributed by atoms with Crippen molar-refractivity contribution < 1.29 is 26.4 Å². The van der Waals surface area contributed by atoms with Crippen LogP contribution in [0.15, 0.2) is 47.4 Å². The molecule has 0 aliphatic heterocycles. The Morgan fingerprint density at radius 2 is 1.79 bits per heavy atom. The van der Waals surface area contributed by atoms with Crippen LogP contribution in [0.25, 0.3) is 0 Å². The molecule has 2 aromatic rings. The van der Waals surface area contributed by atoms with E-state index in [4.69, 9.17) is 0 Å². The van der Waals surface area contributed by atoms with Gasteiger partial charge < -0.3 is 5.32 Å². The minimum Gasteiger partial charge on any atom is -0.322 e. The minimum atomic E-state index is -4.53. The van der Waals surface area contributed by atoms with Crippen molar-refractivity contribution in [3.63, 3.8) is 0 Å². The number of aryl methyl sites for hydroxylation is 1. The third-order valence-electron chi connectivity index (χ3n) is 3.89. The van der Waals surface area contributed by atoms with Crippen molar-refractivity contribution in [1.82, 2.24) is 4.72 Å². The molecule has 152 valence electrons. The quantitative estimate of drug-likeness (QED) is 0.744. The van der Waals surface area contributed by atoms with Gasteiger partial charge in [-0.25, -0.2) is 13.1 Å². The van der Waals surface area contributed by atoms with E-state index in [1.165, 1.54) is 30.3 Å². The van der Waals surface area contributed by atoms with Gasteiger partial charge in [-0.15, -0.1) is 0 Å². The SMILES string of the molecule is Cc1ccc(S(=O)(=O)NCC(C)C)cc1C(=O)Nc1cccc(C(F)(F)F)c1. The topological polar surface area (TPSA) is 75.3 Å². The third kappa shape index (κ3) is 5.56. The molecule has 0 saturated carbocycles. The molecule has 28 heavy (non-hydrogen) atoms. The molecule has 0 heterocycles. The van der Waals surface area contributed by atoms with E-state index in [9.17, 15) is 26.4 Å². The molecule has 5 nitrogen and oxygen atoms in total. The lowest BCUT2D eigenvalue weighted by Crippen LogP contribution is -2.28. The largest absolute Gasteiger partial charge is 0.416 e. The number of hydrogen-bond acceptors (Lipinski definition) is 3. The molecule has 0 radical (unpaired) electrons. The van der Waals surface area contributed by atoms with Crippen molar-refractivity contribution in [1.29, 1.82) is 0 Å². The van der Waals surface area contributed by atoms with Crippen molar-refractivity contribution >= 4 is 21.6 Å². The van der Waals surface area contributed by atoms with Crippen molar-refractivity contribution in [3.8, 4) is 0 Å². The molecule has 0 spiro atoms. The first-order valence-corrected chi connectivity index (χ1v) is 9.97. The predicted octanol–water partition coefficient (Wildman–Crippen LogP) is 4.20. The standard InChI is InChI=1S/C19H21F3N2O3S/c1-12(2)11-23-28(26,27)16-8-7-13(3)17(10-16)18(25)24-15-6-4-5-14(9-15)19(20,21)22/h4-10,12,23H,11H2,1-3H3,(H,24,25). The molecular weight excluding hydrogens is 393 g/mol. The molecule has 0 bridgehead atoms. The van der Waals surface area contributed by atoms with Crippen molar-refractivity contribution in [2.24, 2.45) is 5.92 Å². The lowest BCUT2D eigenvalue weighted by Gasteiger charge is -2.13. The van der Waals surface area contributed by atoms with Crippen LogP contribution in [0.1, 0.15) is 35.3 Å². The summed E-state index contributed by atoms with van der Waals surface area (Å²) in [5.74, 6) is -0.596. The van der Waals surface area contributed by atoms with Crippen LogP contribution in [0.3, 0.4) is 0 Å². The Kier molecular flexibility index (Phi) is 6.51. The van der Waals surface area contributed by atoms with Gasteiger partial charge in [-0.2, -0.15) is 13.2 Å². The molecule has 0 aromatic heterocycles. The summed E-state index contributed by atoms with van der Waals surface area (Å²) in [7, 11) is -3.81. The summed E-state index contributed by atoms with van der Waals surface area (Å²) in [5.41, 5.74) is -0.376. The van der Waals surface area contributed by atoms with Crippen LogP contribution in [0.5, 0.6) is 0 Å². The van der Waals surface area contributed by atoms with Crippen LogP contribution in [-0.2, 0) is 16.2 Å². The molecule has 2 rings (SSSR count). The van der Waals surface area contributed by atoms with Gasteiger partial charge in [0.25, 0.3) is 5.91 Å². The number of alkyl halides is 3. The van der Waals surface area contributed by atoms with Gasteiger partial charge >= 0.3 is 6.18 Å². The summed E-state index contributed by atoms with van der Waals surface area (Å²) >= 11 is 0. The highest BCUT2D eigenvalue weighted by Gasteiger charge is 2.30. The van der Waals surface area contributed by atoms with E-state index in [0.29, 0.717) is 5.56 Å². The Bertz CT molecular complexity index is 971. The molecule has 0 fully saturated rings. The molecule has 0 aliphatic carbocycles. The number of halogens is 3. The molecular formula is C19H21F3N2O3S. The predicted molar refractivity (Wildman–Crippen MR) is 101 cm³/mol. The normalized spacial score (nSPS) is 12.2. The second-order valence-corrected chi connectivity index (χ2v) is 8.52. The van der Waals surface area contributed by atoms with E-state index in [1.54, 1.807) is 6.92 Å². The van der Waals surface area contributed by atoms with Crippen molar-refractivity contribution in [2.75, 3.05) is 11.9 Å². The molecule has 0 saturated heterocycles. The summed E-state index contributed by atoms with van der Waals surface area (Å²) in [6.45, 7) is 5.55. The second-order valence-electron chi connectivity index (χ2n) is 6.76. The fourth-order valence-corrected chi connectivity index (χ4v) is 3.58. The van der Waals surface area contributed by atoms with Gasteiger partial charge in [0.1, 0.15) is 0 Å². The Morgan fingerprint density at radius 1 is 1.11 bits per heavy atom. The zero-order valence-corrected chi connectivity index (χ0v) is 16.4. The molecule has 2 aromatic carbocycles. The van der Waals surface area contributed by atoms with Crippen LogP contribution in [0.2, 0.25) is 0 Å². The van der Waals surface area contributed by atoms with Crippen LogP contribution >= 0.6 is 0 Å². The average Bonchev–Trinajstić information content (AvgIpc) is 2.59. The van der Waals surface area contributed by atoms with E-state index in [2.05, 4.69) is 10.0 Å². The number of amides is 1. The van der Waals surface area contributed by atoms with E-state index in [0.717, 1.165) is 12.1 Å². The van der Waals surface area contributed by atoms with Crippen LogP contribution in [0.4, 0.5) is 18.9 Å². The summed E-state index contributed by atoms with van der Waals surface area (Å²) in [6.07, 6.45) is -4.53. The van der Waals surface area contributed by atoms with Gasteiger partial charge in [0.2, 0.25) is 10.0 Å². The number of carbonyl (C=O) groups is 1. The maximum Gasteiger partial charge on any atom is 0.416 e. The average molecular weight is 414 g/mol. The molecule has 0 unspecified atom stereocenters. The summed E-state index contributed by atoms with van der Waals surface area (Å²) < 4.78 is 65.6. The maximum atomic E-state index is 12.8. The first-order chi connectivity index (χ1) is 12.9. The van der Waals surface area contributed by atoms with Crippen LogP contribution in [0, 0.1) is 12.8 Å². The number of nitrogens with one attached hydrogen (secondary N) is 2. The molecule has 2 N–H and O–H groups in total. The number of sulfonamides is 1. The lowest BCUT2D eigenvalue weighted by atomic mass is 10.1. The Morgan fingerprint density at radius 3 is 2.39 bits per heavy atom. The minimum absolute atomic E-state index is 0.0367. The van der Waals surface area contributed by atoms with Gasteiger partial charge in [-0.05, 0) is 48.7 Å². The van der Waals surface area contributed by atoms with Gasteiger partial charge in [-0.3, -0.25) is 4.79 Å². The fourth-order valence-electron chi connectivity index (χ4n) is 2.34. The van der Waals surface area contributed by atoms with Crippen LogP contribution in [-0.4, -0.2) is 20.9 Å². The summed E-state index contributed by atoms with van der Waals surface area (Å²) in [4.78, 5) is 12.4. The van der Waals surface area contributed by atoms with Crippen LogP contribution < -0.4 is 10.0 Å². The van der Waals surface area contributed by atoms with Gasteiger partial charge in [0, 0.05) is 17.8 Å². The van der Waals surface area contributed by atoms with E-state index >= 15 is 0 Å². The molecule has 1 amide bonds.